The van der Waals surface area contributed by atoms with E-state index in [-0.39, 0.29) is 11.1 Å². The minimum absolute atomic E-state index is 0.246. The third-order valence-corrected chi connectivity index (χ3v) is 5.85. The van der Waals surface area contributed by atoms with E-state index in [0.29, 0.717) is 22.0 Å². The van der Waals surface area contributed by atoms with Crippen molar-refractivity contribution >= 4 is 34.0 Å². The van der Waals surface area contributed by atoms with Crippen molar-refractivity contribution in [2.24, 2.45) is 0 Å². The third kappa shape index (κ3) is 3.71. The Morgan fingerprint density at radius 3 is 2.31 bits per heavy atom. The lowest BCUT2D eigenvalue weighted by molar-refractivity contribution is -0.112. The number of ketones is 1. The molecular formula is C21H21N3O4S. The Labute approximate surface area is 172 Å². The molecule has 0 unspecified atom stereocenters. The van der Waals surface area contributed by atoms with Gasteiger partial charge in [-0.15, -0.1) is 11.3 Å². The van der Waals surface area contributed by atoms with Crippen LogP contribution in [-0.2, 0) is 9.53 Å². The number of ether oxygens (including phenoxy) is 1. The summed E-state index contributed by atoms with van der Waals surface area (Å²) >= 11 is 1.23. The first kappa shape index (κ1) is 20.5. The summed E-state index contributed by atoms with van der Waals surface area (Å²) in [6.45, 7) is 7.04. The van der Waals surface area contributed by atoms with Crippen LogP contribution in [0.5, 0.6) is 0 Å². The molecule has 0 saturated heterocycles. The van der Waals surface area contributed by atoms with Gasteiger partial charge in [0.2, 0.25) is 0 Å². The number of hydrogen-bond donors (Lipinski definition) is 1. The van der Waals surface area contributed by atoms with Crippen molar-refractivity contribution in [3.05, 3.63) is 63.3 Å². The molecule has 0 aliphatic heterocycles. The zero-order valence-corrected chi connectivity index (χ0v) is 17.6. The fourth-order valence-corrected chi connectivity index (χ4v) is 4.17. The van der Waals surface area contributed by atoms with Gasteiger partial charge in [0.15, 0.2) is 0 Å². The van der Waals surface area contributed by atoms with Gasteiger partial charge in [0.05, 0.1) is 35.3 Å². The van der Waals surface area contributed by atoms with E-state index in [4.69, 9.17) is 4.74 Å². The summed E-state index contributed by atoms with van der Waals surface area (Å²) in [5.41, 5.74) is 3.05. The zero-order chi connectivity index (χ0) is 21.3. The summed E-state index contributed by atoms with van der Waals surface area (Å²) < 4.78 is 6.44. The zero-order valence-electron chi connectivity index (χ0n) is 16.8. The van der Waals surface area contributed by atoms with E-state index in [0.717, 1.165) is 10.6 Å². The SMILES string of the molecule is COC(=O)c1c(NC(=O)C(=O)c2c(C)nn(-c3ccccc3)c2C)sc(C)c1C. The first-order valence-corrected chi connectivity index (χ1v) is 9.73. The highest BCUT2D eigenvalue weighted by Crippen LogP contribution is 2.33. The van der Waals surface area contributed by atoms with Crippen LogP contribution in [-0.4, -0.2) is 34.6 Å². The minimum Gasteiger partial charge on any atom is -0.465 e. The predicted molar refractivity (Wildman–Crippen MR) is 111 cm³/mol. The second kappa shape index (κ2) is 8.00. The highest BCUT2D eigenvalue weighted by atomic mass is 32.1. The van der Waals surface area contributed by atoms with Crippen molar-refractivity contribution < 1.29 is 19.1 Å². The molecule has 0 bridgehead atoms. The van der Waals surface area contributed by atoms with Crippen LogP contribution in [0.4, 0.5) is 5.00 Å². The largest absolute Gasteiger partial charge is 0.465 e. The summed E-state index contributed by atoms with van der Waals surface area (Å²) in [6, 6.07) is 9.37. The van der Waals surface area contributed by atoms with Crippen molar-refractivity contribution in [1.82, 2.24) is 9.78 Å². The van der Waals surface area contributed by atoms with E-state index in [9.17, 15) is 14.4 Å². The van der Waals surface area contributed by atoms with E-state index < -0.39 is 17.7 Å². The lowest BCUT2D eigenvalue weighted by Crippen LogP contribution is -2.24. The Bertz CT molecular complexity index is 1110. The number of carbonyl (C=O) groups excluding carboxylic acids is 3. The van der Waals surface area contributed by atoms with E-state index in [1.807, 2.05) is 37.3 Å². The molecule has 0 fully saturated rings. The highest BCUT2D eigenvalue weighted by molar-refractivity contribution is 7.17. The van der Waals surface area contributed by atoms with Gasteiger partial charge in [0.1, 0.15) is 5.00 Å². The summed E-state index contributed by atoms with van der Waals surface area (Å²) in [4.78, 5) is 38.6. The van der Waals surface area contributed by atoms with Gasteiger partial charge in [0, 0.05) is 4.88 Å². The molecule has 0 aliphatic carbocycles. The van der Waals surface area contributed by atoms with Gasteiger partial charge in [-0.05, 0) is 45.4 Å². The number of aromatic nitrogens is 2. The molecule has 1 N–H and O–H groups in total. The lowest BCUT2D eigenvalue weighted by atomic mass is 10.1. The number of amides is 1. The number of thiophene rings is 1. The second-order valence-electron chi connectivity index (χ2n) is 6.56. The summed E-state index contributed by atoms with van der Waals surface area (Å²) in [5.74, 6) is -2.09. The minimum atomic E-state index is -0.824. The van der Waals surface area contributed by atoms with Gasteiger partial charge in [-0.2, -0.15) is 5.10 Å². The molecule has 0 spiro atoms. The predicted octanol–water partition coefficient (Wildman–Crippen LogP) is 3.78. The molecule has 3 aromatic rings. The third-order valence-electron chi connectivity index (χ3n) is 4.73. The number of rotatable bonds is 5. The van der Waals surface area contributed by atoms with Gasteiger partial charge in [0.25, 0.3) is 11.7 Å². The van der Waals surface area contributed by atoms with Crippen LogP contribution in [0.25, 0.3) is 5.69 Å². The van der Waals surface area contributed by atoms with Gasteiger partial charge in [-0.1, -0.05) is 18.2 Å². The average molecular weight is 411 g/mol. The number of nitrogens with one attached hydrogen (secondary N) is 1. The number of Topliss-reactive ketones (excluding diaryl/α,β-unsaturated/α-hetero) is 1. The normalized spacial score (nSPS) is 10.7. The van der Waals surface area contributed by atoms with Crippen LogP contribution in [0.3, 0.4) is 0 Å². The van der Waals surface area contributed by atoms with Crippen molar-refractivity contribution in [3.63, 3.8) is 0 Å². The maximum atomic E-state index is 12.9. The van der Waals surface area contributed by atoms with Gasteiger partial charge < -0.3 is 10.1 Å². The fraction of sp³-hybridized carbons (Fsp3) is 0.238. The van der Waals surface area contributed by atoms with Crippen LogP contribution in [0, 0.1) is 27.7 Å². The molecule has 150 valence electrons. The van der Waals surface area contributed by atoms with E-state index in [1.54, 1.807) is 25.5 Å². The molecule has 8 heteroatoms. The number of nitrogens with zero attached hydrogens (tertiary/aromatic N) is 2. The first-order chi connectivity index (χ1) is 13.8. The number of esters is 1. The van der Waals surface area contributed by atoms with Crippen molar-refractivity contribution in [3.8, 4) is 5.69 Å². The van der Waals surface area contributed by atoms with Crippen LogP contribution in [0.1, 0.15) is 42.5 Å². The number of para-hydroxylation sites is 1. The van der Waals surface area contributed by atoms with Gasteiger partial charge >= 0.3 is 5.97 Å². The molecule has 1 amide bonds. The number of aryl methyl sites for hydroxylation is 2. The second-order valence-corrected chi connectivity index (χ2v) is 7.78. The Morgan fingerprint density at radius 2 is 1.69 bits per heavy atom. The Kier molecular flexibility index (Phi) is 5.65. The number of anilines is 1. The molecule has 2 aromatic heterocycles. The molecule has 0 saturated carbocycles. The van der Waals surface area contributed by atoms with Crippen LogP contribution in [0.15, 0.2) is 30.3 Å². The molecule has 0 atom stereocenters. The fourth-order valence-electron chi connectivity index (χ4n) is 3.13. The Hall–Kier alpha value is -3.26. The van der Waals surface area contributed by atoms with E-state index in [1.165, 1.54) is 18.4 Å². The molecule has 2 heterocycles. The highest BCUT2D eigenvalue weighted by Gasteiger charge is 2.28. The quantitative estimate of drug-likeness (QED) is 0.392. The van der Waals surface area contributed by atoms with Gasteiger partial charge in [-0.25, -0.2) is 9.48 Å². The molecule has 0 aliphatic rings. The molecule has 0 radical (unpaired) electrons. The molecule has 29 heavy (non-hydrogen) atoms. The number of benzene rings is 1. The molecular weight excluding hydrogens is 390 g/mol. The molecule has 1 aromatic carbocycles. The lowest BCUT2D eigenvalue weighted by Gasteiger charge is -2.07. The number of hydrogen-bond acceptors (Lipinski definition) is 6. The Morgan fingerprint density at radius 1 is 1.03 bits per heavy atom. The number of carbonyl (C=O) groups is 3. The van der Waals surface area contributed by atoms with Gasteiger partial charge in [-0.3, -0.25) is 9.59 Å². The monoisotopic (exact) mass is 411 g/mol. The van der Waals surface area contributed by atoms with Crippen LogP contribution >= 0.6 is 11.3 Å². The Balaban J connectivity index is 1.93. The summed E-state index contributed by atoms with van der Waals surface area (Å²) in [5, 5.41) is 7.30. The van der Waals surface area contributed by atoms with Crippen molar-refractivity contribution in [2.75, 3.05) is 12.4 Å². The first-order valence-electron chi connectivity index (χ1n) is 8.91. The maximum Gasteiger partial charge on any atom is 0.341 e. The van der Waals surface area contributed by atoms with E-state index >= 15 is 0 Å². The van der Waals surface area contributed by atoms with Crippen LogP contribution < -0.4 is 5.32 Å². The van der Waals surface area contributed by atoms with E-state index in [2.05, 4.69) is 10.4 Å². The van der Waals surface area contributed by atoms with Crippen molar-refractivity contribution in [1.29, 1.82) is 0 Å². The van der Waals surface area contributed by atoms with Crippen molar-refractivity contribution in [2.45, 2.75) is 27.7 Å². The molecule has 7 nitrogen and oxygen atoms in total. The summed E-state index contributed by atoms with van der Waals surface area (Å²) in [7, 11) is 1.27. The standard InChI is InChI=1S/C21H21N3O4S/c1-11-14(4)29-20(16(11)21(27)28-5)22-19(26)18(25)17-12(2)23-24(13(17)3)15-9-7-6-8-10-15/h6-10H,1-5H3,(H,22,26). The number of methoxy groups -OCH3 is 1. The smallest absolute Gasteiger partial charge is 0.341 e. The topological polar surface area (TPSA) is 90.3 Å². The maximum absolute atomic E-state index is 12.9. The van der Waals surface area contributed by atoms with Crippen LogP contribution in [0.2, 0.25) is 0 Å². The summed E-state index contributed by atoms with van der Waals surface area (Å²) in [6.07, 6.45) is 0. The molecule has 3 rings (SSSR count). The average Bonchev–Trinajstić information content (AvgIpc) is 3.16.